The van der Waals surface area contributed by atoms with E-state index < -0.39 is 0 Å². The van der Waals surface area contributed by atoms with Gasteiger partial charge in [-0.25, -0.2) is 0 Å². The Balaban J connectivity index is 2.25. The first-order chi connectivity index (χ1) is 3.39. The fraction of sp³-hybridized carbons (Fsp3) is 1.00. The van der Waals surface area contributed by atoms with E-state index in [-0.39, 0.29) is 0 Å². The van der Waals surface area contributed by atoms with Crippen molar-refractivity contribution in [3.8, 4) is 0 Å². The molecule has 0 aromatic carbocycles. The first-order valence-corrected chi connectivity index (χ1v) is 9.23. The molecule has 42 valence electrons. The molecule has 0 aliphatic carbocycles. The second-order valence-corrected chi connectivity index (χ2v) is 12.7. The summed E-state index contributed by atoms with van der Waals surface area (Å²) in [5, 5.41) is 0. The molecule has 0 spiro atoms. The number of hydrogen-bond donors (Lipinski definition) is 0. The average molecular weight is 195 g/mol. The topological polar surface area (TPSA) is 0 Å². The zero-order valence-corrected chi connectivity index (χ0v) is 8.95. The van der Waals surface area contributed by atoms with Crippen LogP contribution in [0.1, 0.15) is 12.8 Å². The van der Waals surface area contributed by atoms with Crippen LogP contribution in [0.2, 0.25) is 0 Å². The van der Waals surface area contributed by atoms with Crippen molar-refractivity contribution in [3.63, 3.8) is 0 Å². The molecule has 1 fully saturated rings. The Morgan fingerprint density at radius 1 is 1.43 bits per heavy atom. The third kappa shape index (κ3) is 2.33. The second kappa shape index (κ2) is 3.30. The van der Waals surface area contributed by atoms with E-state index in [0.717, 1.165) is 7.76 Å². The van der Waals surface area contributed by atoms with Crippen molar-refractivity contribution in [1.82, 2.24) is 0 Å². The van der Waals surface area contributed by atoms with Gasteiger partial charge in [0.05, 0.1) is 0 Å². The molecule has 0 radical (unpaired) electrons. The molecule has 0 aromatic heterocycles. The Hall–Kier alpha value is 1.24. The molecule has 7 heavy (non-hydrogen) atoms. The molecular formula is C4H10GeS2. The molecule has 0 bridgehead atoms. The summed E-state index contributed by atoms with van der Waals surface area (Å²) in [6.45, 7) is 0. The fourth-order valence-corrected chi connectivity index (χ4v) is 7.08. The third-order valence-corrected chi connectivity index (χ3v) is 9.51. The van der Waals surface area contributed by atoms with E-state index in [9.17, 15) is 0 Å². The van der Waals surface area contributed by atoms with Gasteiger partial charge in [-0.05, 0) is 0 Å². The van der Waals surface area contributed by atoms with Gasteiger partial charge in [0.2, 0.25) is 0 Å². The van der Waals surface area contributed by atoms with Gasteiger partial charge in [0.15, 0.2) is 0 Å². The van der Waals surface area contributed by atoms with Crippen molar-refractivity contribution in [2.75, 3.05) is 11.5 Å². The summed E-state index contributed by atoms with van der Waals surface area (Å²) in [5.74, 6) is 2.98. The molecule has 0 amide bonds. The standard InChI is InChI=1S/C4H10GeS2/c5-7-4-2-1-3-6-7/h1-5H2. The predicted molar refractivity (Wildman–Crippen MR) is 42.7 cm³/mol. The molecule has 1 heterocycles. The minimum atomic E-state index is 0.851. The Morgan fingerprint density at radius 3 is 2.57 bits per heavy atom. The fourth-order valence-electron chi connectivity index (χ4n) is 0.601. The van der Waals surface area contributed by atoms with Gasteiger partial charge < -0.3 is 0 Å². The predicted octanol–water partition coefficient (Wildman–Crippen LogP) is 1.25. The van der Waals surface area contributed by atoms with Crippen LogP contribution in [0, 0.1) is 0 Å². The molecule has 0 saturated carbocycles. The van der Waals surface area contributed by atoms with E-state index in [4.69, 9.17) is 0 Å². The Labute approximate surface area is 57.8 Å². The summed E-state index contributed by atoms with van der Waals surface area (Å²) >= 11 is 1.53. The average Bonchev–Trinajstić information content (AvgIpc) is 1.69. The van der Waals surface area contributed by atoms with Crippen LogP contribution in [0.25, 0.3) is 0 Å². The Bertz CT molecular complexity index is 73.8. The van der Waals surface area contributed by atoms with E-state index >= 15 is 0 Å². The van der Waals surface area contributed by atoms with Crippen LogP contribution < -0.4 is 0 Å². The molecule has 0 aromatic rings. The van der Waals surface area contributed by atoms with Crippen LogP contribution >= 0.6 is 18.5 Å². The summed E-state index contributed by atoms with van der Waals surface area (Å²) in [5.41, 5.74) is 0. The minimum absolute atomic E-state index is 0.851. The first-order valence-electron chi connectivity index (χ1n) is 2.53. The third-order valence-electron chi connectivity index (χ3n) is 1.02. The summed E-state index contributed by atoms with van der Waals surface area (Å²) in [7, 11) is 3.05. The molecule has 0 N–H and O–H groups in total. The summed E-state index contributed by atoms with van der Waals surface area (Å²) < 4.78 is 0. The summed E-state index contributed by atoms with van der Waals surface area (Å²) in [4.78, 5) is 0. The number of rotatable bonds is 0. The van der Waals surface area contributed by atoms with Crippen molar-refractivity contribution in [1.29, 1.82) is 0 Å². The monoisotopic (exact) mass is 196 g/mol. The van der Waals surface area contributed by atoms with E-state index in [1.807, 2.05) is 0 Å². The Kier molecular flexibility index (Phi) is 3.00. The van der Waals surface area contributed by atoms with Crippen molar-refractivity contribution in [2.24, 2.45) is 0 Å². The van der Waals surface area contributed by atoms with Crippen molar-refractivity contribution in [3.05, 3.63) is 0 Å². The van der Waals surface area contributed by atoms with Gasteiger partial charge in [0.25, 0.3) is 0 Å². The second-order valence-electron chi connectivity index (χ2n) is 1.67. The summed E-state index contributed by atoms with van der Waals surface area (Å²) in [6.07, 6.45) is 2.99. The van der Waals surface area contributed by atoms with Gasteiger partial charge in [-0.1, -0.05) is 0 Å². The summed E-state index contributed by atoms with van der Waals surface area (Å²) in [6, 6.07) is 0. The molecular weight excluding hydrogens is 185 g/mol. The van der Waals surface area contributed by atoms with Gasteiger partial charge in [-0.15, -0.1) is 0 Å². The van der Waals surface area contributed by atoms with E-state index in [1.54, 1.807) is 0 Å². The van der Waals surface area contributed by atoms with Crippen molar-refractivity contribution >= 4 is 33.4 Å². The molecule has 1 aliphatic heterocycles. The zero-order valence-electron chi connectivity index (χ0n) is 4.35. The van der Waals surface area contributed by atoms with Gasteiger partial charge in [-0.2, -0.15) is 0 Å². The Morgan fingerprint density at radius 2 is 2.29 bits per heavy atom. The molecule has 1 saturated heterocycles. The van der Waals surface area contributed by atoms with Gasteiger partial charge in [0.1, 0.15) is 0 Å². The molecule has 1 unspecified atom stereocenters. The van der Waals surface area contributed by atoms with Crippen LogP contribution in [0.15, 0.2) is 0 Å². The van der Waals surface area contributed by atoms with Gasteiger partial charge in [-0.3, -0.25) is 0 Å². The zero-order chi connectivity index (χ0) is 5.11. The first kappa shape index (κ1) is 6.36. The molecule has 0 nitrogen and oxygen atoms in total. The van der Waals surface area contributed by atoms with Crippen molar-refractivity contribution in [2.45, 2.75) is 12.8 Å². The molecule has 1 rings (SSSR count). The van der Waals surface area contributed by atoms with E-state index in [1.165, 1.54) is 39.2 Å². The maximum atomic E-state index is 2.20. The van der Waals surface area contributed by atoms with Gasteiger partial charge in [0, 0.05) is 0 Å². The van der Waals surface area contributed by atoms with Crippen LogP contribution in [-0.2, 0) is 0 Å². The van der Waals surface area contributed by atoms with Crippen LogP contribution in [0.3, 0.4) is 0 Å². The maximum absolute atomic E-state index is 2.20. The molecule has 1 aliphatic rings. The van der Waals surface area contributed by atoms with Crippen molar-refractivity contribution < 1.29 is 0 Å². The van der Waals surface area contributed by atoms with Crippen LogP contribution in [0.5, 0.6) is 0 Å². The molecule has 1 atom stereocenters. The van der Waals surface area contributed by atoms with E-state index in [0.29, 0.717) is 0 Å². The van der Waals surface area contributed by atoms with Crippen LogP contribution in [-0.4, -0.2) is 26.4 Å². The van der Waals surface area contributed by atoms with Gasteiger partial charge >= 0.3 is 57.8 Å². The number of hydrogen-bond acceptors (Lipinski definition) is 1. The van der Waals surface area contributed by atoms with Crippen LogP contribution in [0.4, 0.5) is 0 Å². The quantitative estimate of drug-likeness (QED) is 0.413. The normalized spacial score (nSPS) is 32.9. The molecule has 3 heteroatoms. The SMILES string of the molecule is [GeH2]=[S]1CCCCS1. The van der Waals surface area contributed by atoms with E-state index in [2.05, 4.69) is 10.8 Å².